The summed E-state index contributed by atoms with van der Waals surface area (Å²) in [6.45, 7) is 34.1. The van der Waals surface area contributed by atoms with E-state index in [0.717, 1.165) is 0 Å². The lowest BCUT2D eigenvalue weighted by Crippen LogP contribution is -2.33. The van der Waals surface area contributed by atoms with Crippen LogP contribution in [0.5, 0.6) is 0 Å². The van der Waals surface area contributed by atoms with Crippen LogP contribution in [0.15, 0.2) is 0 Å². The highest BCUT2D eigenvalue weighted by Gasteiger charge is 2.36. The summed E-state index contributed by atoms with van der Waals surface area (Å²) in [5.74, 6) is -2.00. The molecule has 0 radical (unpaired) electrons. The fraction of sp³-hybridized carbons (Fsp3) is 0.880. The molecule has 0 amide bonds. The number of hydrogen-bond acceptors (Lipinski definition) is 14. The highest BCUT2D eigenvalue weighted by Crippen LogP contribution is 2.38. The maximum absolute atomic E-state index is 12.7. The predicted molar refractivity (Wildman–Crippen MR) is 246 cm³/mol. The minimum atomic E-state index is -0.687. The predicted octanol–water partition coefficient (Wildman–Crippen LogP) is 9.65. The van der Waals surface area contributed by atoms with Gasteiger partial charge in [-0.25, -0.2) is 0 Å². The molecule has 14 nitrogen and oxygen atoms in total. The second kappa shape index (κ2) is 26.2. The van der Waals surface area contributed by atoms with Crippen molar-refractivity contribution in [3.05, 3.63) is 0 Å². The van der Waals surface area contributed by atoms with E-state index in [0.29, 0.717) is 64.6 Å². The molecule has 0 aromatic carbocycles. The Bertz CT molecular complexity index is 1190. The van der Waals surface area contributed by atoms with Gasteiger partial charge in [-0.3, -0.25) is 28.8 Å². The van der Waals surface area contributed by atoms with Gasteiger partial charge in [0.05, 0.1) is 85.3 Å². The number of hydrogen-bond donors (Lipinski definition) is 0. The third-order valence-electron chi connectivity index (χ3n) is 10.8. The molecular weight excluding hydrogens is 825 g/mol. The van der Waals surface area contributed by atoms with Crippen molar-refractivity contribution in [2.24, 2.45) is 43.3 Å². The molecule has 0 spiro atoms. The molecule has 14 heteroatoms. The van der Waals surface area contributed by atoms with Gasteiger partial charge in [0.25, 0.3) is 0 Å². The summed E-state index contributed by atoms with van der Waals surface area (Å²) in [6, 6.07) is 0. The van der Waals surface area contributed by atoms with Crippen LogP contribution in [0.25, 0.3) is 0 Å². The number of ether oxygens (including phenoxy) is 8. The van der Waals surface area contributed by atoms with Crippen LogP contribution in [0, 0.1) is 43.3 Å². The van der Waals surface area contributed by atoms with Crippen LogP contribution in [0.1, 0.15) is 176 Å². The zero-order chi connectivity index (χ0) is 49.8. The monoisotopic (exact) mass is 915 g/mol. The number of rotatable bonds is 27. The van der Waals surface area contributed by atoms with Gasteiger partial charge in [-0.2, -0.15) is 0 Å². The molecule has 0 aliphatic rings. The molecule has 0 fully saturated rings. The zero-order valence-corrected chi connectivity index (χ0v) is 43.4. The van der Waals surface area contributed by atoms with Crippen molar-refractivity contribution >= 4 is 35.8 Å². The minimum Gasteiger partial charge on any atom is -0.465 e. The normalized spacial score (nSPS) is 13.2. The first-order valence-corrected chi connectivity index (χ1v) is 23.2. The molecule has 0 aliphatic carbocycles. The van der Waals surface area contributed by atoms with Crippen LogP contribution in [-0.2, 0) is 66.7 Å². The van der Waals surface area contributed by atoms with E-state index in [9.17, 15) is 28.8 Å². The van der Waals surface area contributed by atoms with Crippen molar-refractivity contribution in [2.75, 3.05) is 66.1 Å². The molecule has 0 unspecified atom stereocenters. The summed E-state index contributed by atoms with van der Waals surface area (Å²) < 4.78 is 46.4. The fourth-order valence-corrected chi connectivity index (χ4v) is 5.86. The molecule has 0 aliphatic heterocycles. The lowest BCUT2D eigenvalue weighted by atomic mass is 9.76. The first-order chi connectivity index (χ1) is 29.0. The van der Waals surface area contributed by atoms with Crippen molar-refractivity contribution in [1.29, 1.82) is 0 Å². The number of carbonyl (C=O) groups is 6. The first-order valence-electron chi connectivity index (χ1n) is 23.2. The van der Waals surface area contributed by atoms with E-state index >= 15 is 0 Å². The SMILES string of the molecule is CC(C)(C)C(=O)OCCC(CCOCCOCCC(CCOC(=O)C(C)(C)C)(CCOC(=O)C(C)(C)C)CCOC(=O)C(C)(C)C)(CCOC(=O)C(C)(C)C)CCOC(=O)C(C)(C)C. The molecule has 0 saturated carbocycles. The smallest absolute Gasteiger partial charge is 0.311 e. The first kappa shape index (κ1) is 60.7. The van der Waals surface area contributed by atoms with Gasteiger partial charge in [0.1, 0.15) is 0 Å². The molecule has 0 N–H and O–H groups in total. The number of carbonyl (C=O) groups excluding carboxylic acids is 6. The Labute approximate surface area is 386 Å². The van der Waals surface area contributed by atoms with Crippen molar-refractivity contribution in [3.63, 3.8) is 0 Å². The Hall–Kier alpha value is -3.26. The van der Waals surface area contributed by atoms with Crippen LogP contribution >= 0.6 is 0 Å². The van der Waals surface area contributed by atoms with Gasteiger partial charge < -0.3 is 37.9 Å². The van der Waals surface area contributed by atoms with E-state index in [2.05, 4.69) is 0 Å². The van der Waals surface area contributed by atoms with E-state index in [1.807, 2.05) is 0 Å². The maximum Gasteiger partial charge on any atom is 0.311 e. The molecular formula is C50H90O14. The molecule has 0 aromatic rings. The van der Waals surface area contributed by atoms with E-state index in [1.165, 1.54) is 0 Å². The Morgan fingerprint density at radius 2 is 0.375 bits per heavy atom. The molecule has 374 valence electrons. The fourth-order valence-electron chi connectivity index (χ4n) is 5.86. The summed E-state index contributed by atoms with van der Waals surface area (Å²) in [4.78, 5) is 76.3. The summed E-state index contributed by atoms with van der Waals surface area (Å²) in [5, 5.41) is 0. The van der Waals surface area contributed by atoms with Crippen LogP contribution in [0.4, 0.5) is 0 Å². The minimum absolute atomic E-state index is 0.127. The van der Waals surface area contributed by atoms with Crippen LogP contribution in [0.2, 0.25) is 0 Å². The van der Waals surface area contributed by atoms with E-state index in [1.54, 1.807) is 125 Å². The Morgan fingerprint density at radius 3 is 0.516 bits per heavy atom. The number of esters is 6. The summed E-state index contributed by atoms with van der Waals surface area (Å²) >= 11 is 0. The van der Waals surface area contributed by atoms with Gasteiger partial charge in [-0.05, 0) is 187 Å². The zero-order valence-electron chi connectivity index (χ0n) is 43.4. The lowest BCUT2D eigenvalue weighted by Gasteiger charge is -2.35. The highest BCUT2D eigenvalue weighted by molar-refractivity contribution is 5.77. The van der Waals surface area contributed by atoms with Crippen LogP contribution in [0.3, 0.4) is 0 Å². The molecule has 0 bridgehead atoms. The summed E-state index contributed by atoms with van der Waals surface area (Å²) in [5.41, 5.74) is -5.27. The molecule has 0 rings (SSSR count). The second-order valence-corrected chi connectivity index (χ2v) is 23.5. The van der Waals surface area contributed by atoms with Gasteiger partial charge in [0.2, 0.25) is 0 Å². The van der Waals surface area contributed by atoms with E-state index < -0.39 is 43.3 Å². The van der Waals surface area contributed by atoms with Gasteiger partial charge in [-0.15, -0.1) is 0 Å². The third kappa shape index (κ3) is 25.4. The average molecular weight is 915 g/mol. The standard InChI is InChI=1S/C50H90O14/c1-43(2,3)37(51)59-29-21-49(22-30-60-38(52)44(4,5)6,23-31-61-39(53)45(7,8)9)19-27-57-35-36-58-28-20-50(24-32-62-40(54)46(10,11)12,25-33-63-41(55)47(13,14)15)26-34-64-42(56)48(16,17)18/h19-36H2,1-18H3. The van der Waals surface area contributed by atoms with Gasteiger partial charge in [-0.1, -0.05) is 0 Å². The molecule has 0 saturated heterocycles. The average Bonchev–Trinajstić information content (AvgIpc) is 3.13. The largest absolute Gasteiger partial charge is 0.465 e. The van der Waals surface area contributed by atoms with Gasteiger partial charge >= 0.3 is 35.8 Å². The molecule has 0 atom stereocenters. The lowest BCUT2D eigenvalue weighted by molar-refractivity contribution is -0.158. The highest BCUT2D eigenvalue weighted by atomic mass is 16.6. The molecule has 64 heavy (non-hydrogen) atoms. The molecule has 0 heterocycles. The summed E-state index contributed by atoms with van der Waals surface area (Å²) in [6.07, 6.45) is 3.57. The van der Waals surface area contributed by atoms with Gasteiger partial charge in [0.15, 0.2) is 0 Å². The Morgan fingerprint density at radius 1 is 0.234 bits per heavy atom. The molecule has 0 aromatic heterocycles. The van der Waals surface area contributed by atoms with E-state index in [4.69, 9.17) is 37.9 Å². The summed E-state index contributed by atoms with van der Waals surface area (Å²) in [7, 11) is 0. The van der Waals surface area contributed by atoms with Crippen molar-refractivity contribution in [1.82, 2.24) is 0 Å². The quantitative estimate of drug-likeness (QED) is 0.0432. The Kier molecular flexibility index (Phi) is 24.8. The third-order valence-corrected chi connectivity index (χ3v) is 10.8. The van der Waals surface area contributed by atoms with Crippen LogP contribution in [-0.4, -0.2) is 102 Å². The Balaban J connectivity index is 6.10. The second-order valence-electron chi connectivity index (χ2n) is 23.5. The topological polar surface area (TPSA) is 176 Å². The maximum atomic E-state index is 12.7. The van der Waals surface area contributed by atoms with Crippen LogP contribution < -0.4 is 0 Å². The van der Waals surface area contributed by atoms with Crippen molar-refractivity contribution < 1.29 is 66.7 Å². The van der Waals surface area contributed by atoms with E-state index in [-0.39, 0.29) is 88.7 Å². The van der Waals surface area contributed by atoms with Crippen molar-refractivity contribution in [2.45, 2.75) is 176 Å². The van der Waals surface area contributed by atoms with Gasteiger partial charge in [0, 0.05) is 13.2 Å². The van der Waals surface area contributed by atoms with Crippen molar-refractivity contribution in [3.8, 4) is 0 Å².